The van der Waals surface area contributed by atoms with Crippen molar-refractivity contribution in [3.63, 3.8) is 0 Å². The summed E-state index contributed by atoms with van der Waals surface area (Å²) in [7, 11) is 0. The minimum absolute atomic E-state index is 0.00346. The molecule has 7 nitrogen and oxygen atoms in total. The zero-order chi connectivity index (χ0) is 20.6. The Bertz CT molecular complexity index is 483. The third kappa shape index (κ3) is 10.6. The first kappa shape index (κ1) is 23.6. The number of carbonyl (C=O) groups excluding carboxylic acids is 2. The maximum absolute atomic E-state index is 11.8. The van der Waals surface area contributed by atoms with Crippen LogP contribution in [0.2, 0.25) is 0 Å². The maximum atomic E-state index is 11.8. The summed E-state index contributed by atoms with van der Waals surface area (Å²) in [4.78, 5) is 23.6. The van der Waals surface area contributed by atoms with Crippen LogP contribution in [0, 0.1) is 11.8 Å². The molecule has 0 aromatic heterocycles. The highest BCUT2D eigenvalue weighted by atomic mass is 16.6. The Kier molecular flexibility index (Phi) is 12.3. The lowest BCUT2D eigenvalue weighted by atomic mass is 9.95. The minimum atomic E-state index is -0.132. The van der Waals surface area contributed by atoms with Gasteiger partial charge in [0.2, 0.25) is 0 Å². The van der Waals surface area contributed by atoms with Crippen molar-refractivity contribution in [1.82, 2.24) is 0 Å². The van der Waals surface area contributed by atoms with Crippen LogP contribution in [0.5, 0.6) is 0 Å². The summed E-state index contributed by atoms with van der Waals surface area (Å²) in [6.07, 6.45) is 13.4. The van der Waals surface area contributed by atoms with Crippen molar-refractivity contribution in [3.8, 4) is 0 Å². The number of carbonyl (C=O) groups is 2. The molecule has 0 fully saturated rings. The van der Waals surface area contributed by atoms with Crippen LogP contribution in [0.1, 0.15) is 38.5 Å². The van der Waals surface area contributed by atoms with Gasteiger partial charge in [-0.2, -0.15) is 0 Å². The van der Waals surface area contributed by atoms with Crippen molar-refractivity contribution in [2.45, 2.75) is 38.5 Å². The van der Waals surface area contributed by atoms with Crippen molar-refractivity contribution < 1.29 is 33.3 Å². The van der Waals surface area contributed by atoms with E-state index < -0.39 is 0 Å². The maximum Gasteiger partial charge on any atom is 0.309 e. The van der Waals surface area contributed by atoms with Crippen LogP contribution >= 0.6 is 0 Å². The second-order valence-corrected chi connectivity index (χ2v) is 7.13. The minimum Gasteiger partial charge on any atom is -0.463 e. The predicted molar refractivity (Wildman–Crippen MR) is 107 cm³/mol. The van der Waals surface area contributed by atoms with E-state index in [0.29, 0.717) is 39.6 Å². The van der Waals surface area contributed by atoms with Gasteiger partial charge < -0.3 is 23.7 Å². The van der Waals surface area contributed by atoms with Gasteiger partial charge in [0, 0.05) is 0 Å². The molecule has 0 heterocycles. The third-order valence-electron chi connectivity index (χ3n) is 4.89. The Balaban J connectivity index is 1.30. The molecule has 2 unspecified atom stereocenters. The first-order valence-corrected chi connectivity index (χ1v) is 10.6. The lowest BCUT2D eigenvalue weighted by molar-refractivity contribution is -0.151. The number of hydrogen-bond acceptors (Lipinski definition) is 7. The first-order chi connectivity index (χ1) is 14.3. The fourth-order valence-corrected chi connectivity index (χ4v) is 3.20. The van der Waals surface area contributed by atoms with E-state index in [1.54, 1.807) is 0 Å². The summed E-state index contributed by atoms with van der Waals surface area (Å²) >= 11 is 0. The average molecular weight is 411 g/mol. The highest BCUT2D eigenvalue weighted by Crippen LogP contribution is 2.20. The summed E-state index contributed by atoms with van der Waals surface area (Å²) in [5.74, 6) is -0.271. The van der Waals surface area contributed by atoms with Gasteiger partial charge in [-0.1, -0.05) is 24.3 Å². The van der Waals surface area contributed by atoms with Crippen LogP contribution in [0.4, 0.5) is 0 Å². The first-order valence-electron chi connectivity index (χ1n) is 10.6. The zero-order valence-electron chi connectivity index (χ0n) is 17.2. The molecule has 0 amide bonds. The SMILES string of the molecule is O=C(OCCOCCOCCOCCOC(=O)C1CC=CCC1)C1CC=CCC1. The quantitative estimate of drug-likeness (QED) is 0.247. The molecule has 2 aliphatic rings. The predicted octanol–water partition coefficient (Wildman–Crippen LogP) is 2.84. The second kappa shape index (κ2) is 15.2. The monoisotopic (exact) mass is 410 g/mol. The van der Waals surface area contributed by atoms with Crippen molar-refractivity contribution >= 4 is 11.9 Å². The highest BCUT2D eigenvalue weighted by Gasteiger charge is 2.20. The van der Waals surface area contributed by atoms with E-state index in [-0.39, 0.29) is 37.0 Å². The van der Waals surface area contributed by atoms with E-state index in [2.05, 4.69) is 12.2 Å². The van der Waals surface area contributed by atoms with Crippen LogP contribution in [0.15, 0.2) is 24.3 Å². The van der Waals surface area contributed by atoms with Gasteiger partial charge in [0.05, 0.1) is 51.5 Å². The van der Waals surface area contributed by atoms with E-state index in [0.717, 1.165) is 38.5 Å². The fourth-order valence-electron chi connectivity index (χ4n) is 3.20. The molecule has 0 spiro atoms. The summed E-state index contributed by atoms with van der Waals surface area (Å²) in [6.45, 7) is 3.08. The molecule has 0 aliphatic heterocycles. The normalized spacial score (nSPS) is 21.1. The van der Waals surface area contributed by atoms with Gasteiger partial charge >= 0.3 is 11.9 Å². The number of ether oxygens (including phenoxy) is 5. The third-order valence-corrected chi connectivity index (χ3v) is 4.89. The topological polar surface area (TPSA) is 80.3 Å². The molecule has 164 valence electrons. The van der Waals surface area contributed by atoms with E-state index in [1.807, 2.05) is 12.2 Å². The Morgan fingerprint density at radius 1 is 0.586 bits per heavy atom. The van der Waals surface area contributed by atoms with Crippen LogP contribution < -0.4 is 0 Å². The summed E-state index contributed by atoms with van der Waals surface area (Å²) in [5.41, 5.74) is 0. The molecule has 29 heavy (non-hydrogen) atoms. The molecular formula is C22H34O7. The summed E-state index contributed by atoms with van der Waals surface area (Å²) < 4.78 is 26.6. The number of hydrogen-bond donors (Lipinski definition) is 0. The summed E-state index contributed by atoms with van der Waals surface area (Å²) in [6, 6.07) is 0. The number of allylic oxidation sites excluding steroid dienone is 4. The van der Waals surface area contributed by atoms with E-state index >= 15 is 0 Å². The molecule has 0 aromatic rings. The Labute approximate surface area is 173 Å². The van der Waals surface area contributed by atoms with E-state index in [1.165, 1.54) is 0 Å². The van der Waals surface area contributed by atoms with Gasteiger partial charge in [-0.05, 0) is 38.5 Å². The number of rotatable bonds is 14. The van der Waals surface area contributed by atoms with Gasteiger partial charge in [-0.25, -0.2) is 0 Å². The molecule has 0 saturated carbocycles. The molecule has 0 aromatic carbocycles. The molecule has 2 aliphatic carbocycles. The smallest absolute Gasteiger partial charge is 0.309 e. The van der Waals surface area contributed by atoms with Crippen molar-refractivity contribution in [3.05, 3.63) is 24.3 Å². The van der Waals surface area contributed by atoms with Gasteiger partial charge in [-0.3, -0.25) is 9.59 Å². The van der Waals surface area contributed by atoms with Crippen molar-refractivity contribution in [2.75, 3.05) is 52.9 Å². The molecule has 2 atom stereocenters. The molecule has 0 radical (unpaired) electrons. The van der Waals surface area contributed by atoms with Crippen molar-refractivity contribution in [2.24, 2.45) is 11.8 Å². The van der Waals surface area contributed by atoms with Gasteiger partial charge in [0.25, 0.3) is 0 Å². The van der Waals surface area contributed by atoms with Gasteiger partial charge in [-0.15, -0.1) is 0 Å². The highest BCUT2D eigenvalue weighted by molar-refractivity contribution is 5.73. The Morgan fingerprint density at radius 2 is 0.966 bits per heavy atom. The van der Waals surface area contributed by atoms with Gasteiger partial charge in [0.1, 0.15) is 13.2 Å². The van der Waals surface area contributed by atoms with Crippen LogP contribution in [0.3, 0.4) is 0 Å². The van der Waals surface area contributed by atoms with Gasteiger partial charge in [0.15, 0.2) is 0 Å². The number of esters is 2. The fraction of sp³-hybridized carbons (Fsp3) is 0.727. The standard InChI is InChI=1S/C22H34O7/c23-21(19-7-3-1-4-8-19)28-17-15-26-13-11-25-12-14-27-16-18-29-22(24)20-9-5-2-6-10-20/h1-3,5,19-20H,4,6-18H2. The molecule has 2 rings (SSSR count). The van der Waals surface area contributed by atoms with Crippen LogP contribution in [0.25, 0.3) is 0 Å². The van der Waals surface area contributed by atoms with Crippen LogP contribution in [-0.2, 0) is 33.3 Å². The lowest BCUT2D eigenvalue weighted by Gasteiger charge is -2.16. The second-order valence-electron chi connectivity index (χ2n) is 7.13. The van der Waals surface area contributed by atoms with E-state index in [4.69, 9.17) is 23.7 Å². The van der Waals surface area contributed by atoms with Crippen LogP contribution in [-0.4, -0.2) is 64.8 Å². The van der Waals surface area contributed by atoms with Crippen molar-refractivity contribution in [1.29, 1.82) is 0 Å². The molecule has 0 bridgehead atoms. The van der Waals surface area contributed by atoms with E-state index in [9.17, 15) is 9.59 Å². The largest absolute Gasteiger partial charge is 0.463 e. The summed E-state index contributed by atoms with van der Waals surface area (Å²) in [5, 5.41) is 0. The molecule has 0 N–H and O–H groups in total. The zero-order valence-corrected chi connectivity index (χ0v) is 17.2. The molecule has 0 saturated heterocycles. The lowest BCUT2D eigenvalue weighted by Crippen LogP contribution is -2.21. The average Bonchev–Trinajstić information content (AvgIpc) is 2.77. The molecular weight excluding hydrogens is 376 g/mol. The molecule has 7 heteroatoms. The Morgan fingerprint density at radius 3 is 1.31 bits per heavy atom. The Hall–Kier alpha value is -1.70.